The van der Waals surface area contributed by atoms with Gasteiger partial charge in [0.05, 0.1) is 28.9 Å². The van der Waals surface area contributed by atoms with E-state index >= 15 is 0 Å². The minimum atomic E-state index is -0.958. The second-order valence-corrected chi connectivity index (χ2v) is 6.26. The Morgan fingerprint density at radius 3 is 2.92 bits per heavy atom. The predicted octanol–water partition coefficient (Wildman–Crippen LogP) is 2.24. The highest BCUT2D eigenvalue weighted by Gasteiger charge is 2.23. The zero-order valence-electron chi connectivity index (χ0n) is 13.5. The van der Waals surface area contributed by atoms with E-state index < -0.39 is 10.9 Å². The van der Waals surface area contributed by atoms with Gasteiger partial charge in [-0.3, -0.25) is 24.2 Å². The highest BCUT2D eigenvalue weighted by Crippen LogP contribution is 2.23. The van der Waals surface area contributed by atoms with Gasteiger partial charge in [0.2, 0.25) is 0 Å². The van der Waals surface area contributed by atoms with Crippen LogP contribution in [0.2, 0.25) is 0 Å². The molecule has 1 aliphatic heterocycles. The first kappa shape index (κ1) is 16.4. The number of aromatic nitrogens is 2. The smallest absolute Gasteiger partial charge is 0.309 e. The molecule has 1 unspecified atom stereocenters. The van der Waals surface area contributed by atoms with Gasteiger partial charge in [0.1, 0.15) is 5.65 Å². The lowest BCUT2D eigenvalue weighted by atomic mass is 10.0. The van der Waals surface area contributed by atoms with E-state index in [1.165, 1.54) is 18.7 Å². The highest BCUT2D eigenvalue weighted by atomic mass is 16.6. The number of rotatable bonds is 5. The van der Waals surface area contributed by atoms with E-state index in [9.17, 15) is 14.9 Å². The van der Waals surface area contributed by atoms with Crippen molar-refractivity contribution < 1.29 is 14.8 Å². The van der Waals surface area contributed by atoms with Crippen LogP contribution in [0.1, 0.15) is 37.6 Å². The van der Waals surface area contributed by atoms with Gasteiger partial charge in [0.15, 0.2) is 0 Å². The Kier molecular flexibility index (Phi) is 4.48. The van der Waals surface area contributed by atoms with Crippen molar-refractivity contribution in [2.45, 2.75) is 45.2 Å². The Morgan fingerprint density at radius 2 is 2.25 bits per heavy atom. The molecule has 1 atom stereocenters. The zero-order chi connectivity index (χ0) is 17.3. The molecule has 1 N–H and O–H groups in total. The molecule has 1 aliphatic rings. The molecule has 2 aromatic heterocycles. The van der Waals surface area contributed by atoms with Crippen LogP contribution in [0, 0.1) is 10.1 Å². The first-order valence-corrected chi connectivity index (χ1v) is 8.06. The van der Waals surface area contributed by atoms with Crippen molar-refractivity contribution in [1.29, 1.82) is 0 Å². The maximum Gasteiger partial charge on any atom is 0.309 e. The largest absolute Gasteiger partial charge is 0.481 e. The Balaban J connectivity index is 2.04. The van der Waals surface area contributed by atoms with Crippen LogP contribution in [-0.4, -0.2) is 42.9 Å². The summed E-state index contributed by atoms with van der Waals surface area (Å²) in [6.07, 6.45) is 4.64. The molecule has 0 spiro atoms. The molecule has 0 aliphatic carbocycles. The number of fused-ring (bicyclic) bond motifs is 1. The Hall–Kier alpha value is -2.48. The molecule has 2 aromatic rings. The van der Waals surface area contributed by atoms with Crippen molar-refractivity contribution in [3.63, 3.8) is 0 Å². The number of hydrogen-bond donors (Lipinski definition) is 1. The lowest BCUT2D eigenvalue weighted by Crippen LogP contribution is -2.37. The minimum absolute atomic E-state index is 0.0327. The standard InChI is InChI=1S/C16H20N4O4/c1-11-4-2-3-7-18(11)10-14-13(8-16(21)22)17-15-6-5-12(20(23)24)9-19(14)15/h5-6,9,11H,2-4,7-8,10H2,1H3,(H,21,22). The summed E-state index contributed by atoms with van der Waals surface area (Å²) in [6.45, 7) is 3.64. The molecule has 0 amide bonds. The van der Waals surface area contributed by atoms with Crippen molar-refractivity contribution >= 4 is 17.3 Å². The summed E-state index contributed by atoms with van der Waals surface area (Å²) in [5.74, 6) is -0.958. The number of piperidine rings is 1. The fourth-order valence-electron chi connectivity index (χ4n) is 3.28. The molecule has 1 fully saturated rings. The third-order valence-electron chi connectivity index (χ3n) is 4.61. The van der Waals surface area contributed by atoms with Crippen molar-refractivity contribution in [2.75, 3.05) is 6.54 Å². The molecule has 8 heteroatoms. The molecule has 24 heavy (non-hydrogen) atoms. The van der Waals surface area contributed by atoms with Crippen molar-refractivity contribution in [3.8, 4) is 0 Å². The molecule has 1 saturated heterocycles. The van der Waals surface area contributed by atoms with Crippen molar-refractivity contribution in [2.24, 2.45) is 0 Å². The number of pyridine rings is 1. The number of carboxylic acid groups (broad SMARTS) is 1. The normalized spacial score (nSPS) is 18.8. The third kappa shape index (κ3) is 3.23. The van der Waals surface area contributed by atoms with Gasteiger partial charge in [-0.15, -0.1) is 0 Å². The summed E-state index contributed by atoms with van der Waals surface area (Å²) in [6, 6.07) is 3.35. The fraction of sp³-hybridized carbons (Fsp3) is 0.500. The number of hydrogen-bond acceptors (Lipinski definition) is 5. The summed E-state index contributed by atoms with van der Waals surface area (Å²) in [5, 5.41) is 20.2. The molecule has 0 aromatic carbocycles. The van der Waals surface area contributed by atoms with Crippen LogP contribution in [0.5, 0.6) is 0 Å². The van der Waals surface area contributed by atoms with Gasteiger partial charge in [0.25, 0.3) is 5.69 Å². The van der Waals surface area contributed by atoms with E-state index in [0.29, 0.717) is 23.9 Å². The molecular weight excluding hydrogens is 312 g/mol. The molecule has 8 nitrogen and oxygen atoms in total. The molecule has 0 radical (unpaired) electrons. The number of nitrogens with zero attached hydrogens (tertiary/aromatic N) is 4. The number of aliphatic carboxylic acids is 1. The van der Waals surface area contributed by atoms with E-state index in [1.54, 1.807) is 10.5 Å². The minimum Gasteiger partial charge on any atom is -0.481 e. The van der Waals surface area contributed by atoms with E-state index in [1.807, 2.05) is 0 Å². The highest BCUT2D eigenvalue weighted by molar-refractivity contribution is 5.70. The van der Waals surface area contributed by atoms with Gasteiger partial charge in [-0.1, -0.05) is 6.42 Å². The average molecular weight is 332 g/mol. The topological polar surface area (TPSA) is 101 Å². The van der Waals surface area contributed by atoms with Gasteiger partial charge in [0, 0.05) is 18.7 Å². The number of carboxylic acids is 1. The summed E-state index contributed by atoms with van der Waals surface area (Å²) in [5.41, 5.74) is 1.71. The van der Waals surface area contributed by atoms with Gasteiger partial charge >= 0.3 is 5.97 Å². The van der Waals surface area contributed by atoms with Gasteiger partial charge in [-0.2, -0.15) is 0 Å². The van der Waals surface area contributed by atoms with E-state index in [4.69, 9.17) is 5.11 Å². The quantitative estimate of drug-likeness (QED) is 0.665. The second-order valence-electron chi connectivity index (χ2n) is 6.26. The van der Waals surface area contributed by atoms with Crippen LogP contribution in [0.4, 0.5) is 5.69 Å². The van der Waals surface area contributed by atoms with E-state index in [2.05, 4.69) is 16.8 Å². The Bertz CT molecular complexity index is 786. The average Bonchev–Trinajstić information content (AvgIpc) is 2.85. The predicted molar refractivity (Wildman–Crippen MR) is 86.9 cm³/mol. The van der Waals surface area contributed by atoms with Crippen LogP contribution in [0.3, 0.4) is 0 Å². The first-order chi connectivity index (χ1) is 11.5. The van der Waals surface area contributed by atoms with Gasteiger partial charge < -0.3 is 5.11 Å². The summed E-state index contributed by atoms with van der Waals surface area (Å²) >= 11 is 0. The Labute approximate surface area is 138 Å². The number of carbonyl (C=O) groups is 1. The molecule has 0 saturated carbocycles. The lowest BCUT2D eigenvalue weighted by Gasteiger charge is -2.33. The van der Waals surface area contributed by atoms with E-state index in [-0.39, 0.29) is 12.1 Å². The van der Waals surface area contributed by atoms with Crippen molar-refractivity contribution in [3.05, 3.63) is 39.8 Å². The third-order valence-corrected chi connectivity index (χ3v) is 4.61. The van der Waals surface area contributed by atoms with Gasteiger partial charge in [-0.25, -0.2) is 4.98 Å². The first-order valence-electron chi connectivity index (χ1n) is 8.06. The van der Waals surface area contributed by atoms with Crippen LogP contribution in [0.15, 0.2) is 18.3 Å². The summed E-state index contributed by atoms with van der Waals surface area (Å²) < 4.78 is 1.66. The monoisotopic (exact) mass is 332 g/mol. The Morgan fingerprint density at radius 1 is 1.46 bits per heavy atom. The maximum absolute atomic E-state index is 11.2. The van der Waals surface area contributed by atoms with Crippen LogP contribution in [0.25, 0.3) is 5.65 Å². The number of likely N-dealkylation sites (tertiary alicyclic amines) is 1. The van der Waals surface area contributed by atoms with Crippen LogP contribution >= 0.6 is 0 Å². The molecule has 0 bridgehead atoms. The summed E-state index contributed by atoms with van der Waals surface area (Å²) in [7, 11) is 0. The maximum atomic E-state index is 11.2. The lowest BCUT2D eigenvalue weighted by molar-refractivity contribution is -0.385. The number of imidazole rings is 1. The SMILES string of the molecule is CC1CCCCN1Cc1c(CC(=O)O)nc2ccc([N+](=O)[O-])cn12. The van der Waals surface area contributed by atoms with Crippen molar-refractivity contribution in [1.82, 2.24) is 14.3 Å². The zero-order valence-corrected chi connectivity index (χ0v) is 13.5. The summed E-state index contributed by atoms with van der Waals surface area (Å²) in [4.78, 5) is 28.4. The molecule has 3 heterocycles. The van der Waals surface area contributed by atoms with Crippen LogP contribution in [-0.2, 0) is 17.8 Å². The molecule has 128 valence electrons. The van der Waals surface area contributed by atoms with Gasteiger partial charge in [-0.05, 0) is 32.4 Å². The molecular formula is C16H20N4O4. The molecule has 3 rings (SSSR count). The second kappa shape index (κ2) is 6.56. The fourth-order valence-corrected chi connectivity index (χ4v) is 3.28. The number of nitro groups is 1. The van der Waals surface area contributed by atoms with E-state index in [0.717, 1.165) is 25.1 Å². The van der Waals surface area contributed by atoms with Crippen LogP contribution < -0.4 is 0 Å².